The van der Waals surface area contributed by atoms with Crippen LogP contribution in [0.15, 0.2) is 48.5 Å². The Balaban J connectivity index is 1.87. The third kappa shape index (κ3) is 6.96. The molecule has 0 aliphatic heterocycles. The van der Waals surface area contributed by atoms with Crippen LogP contribution in [0.5, 0.6) is 0 Å². The first-order valence-corrected chi connectivity index (χ1v) is 13.7. The first-order valence-electron chi connectivity index (χ1n) is 11.4. The topological polar surface area (TPSA) is 86.8 Å². The summed E-state index contributed by atoms with van der Waals surface area (Å²) in [5.74, 6) is -0.707. The molecule has 2 aromatic carbocycles. The molecule has 1 fully saturated rings. The lowest BCUT2D eigenvalue weighted by Gasteiger charge is -2.32. The normalized spacial score (nSPS) is 15.1. The van der Waals surface area contributed by atoms with Crippen molar-refractivity contribution in [1.82, 2.24) is 10.2 Å². The van der Waals surface area contributed by atoms with Gasteiger partial charge in [0.05, 0.1) is 11.9 Å². The molecule has 34 heavy (non-hydrogen) atoms. The molecule has 1 aliphatic rings. The Bertz CT molecular complexity index is 1120. The highest BCUT2D eigenvalue weighted by Gasteiger charge is 2.31. The minimum atomic E-state index is -3.78. The number of hydrogen-bond donors (Lipinski definition) is 1. The van der Waals surface area contributed by atoms with Gasteiger partial charge in [0.1, 0.15) is 12.6 Å². The van der Waals surface area contributed by atoms with Crippen molar-refractivity contribution in [2.45, 2.75) is 58.2 Å². The summed E-state index contributed by atoms with van der Waals surface area (Å²) in [6, 6.07) is 13.4. The van der Waals surface area contributed by atoms with Crippen LogP contribution in [0.4, 0.5) is 5.69 Å². The quantitative estimate of drug-likeness (QED) is 0.560. The monoisotopic (exact) mass is 505 g/mol. The van der Waals surface area contributed by atoms with E-state index in [1.807, 2.05) is 31.2 Å². The van der Waals surface area contributed by atoms with E-state index in [0.29, 0.717) is 10.7 Å². The second kappa shape index (κ2) is 11.2. The minimum Gasteiger partial charge on any atom is -0.352 e. The number of carbonyl (C=O) groups is 2. The number of nitrogens with one attached hydrogen (secondary N) is 1. The minimum absolute atomic E-state index is 0.116. The molecule has 7 nitrogen and oxygen atoms in total. The van der Waals surface area contributed by atoms with E-state index in [9.17, 15) is 18.0 Å². The Hall–Kier alpha value is -2.58. The molecule has 184 valence electrons. The molecule has 0 saturated heterocycles. The van der Waals surface area contributed by atoms with E-state index in [0.717, 1.165) is 47.4 Å². The van der Waals surface area contributed by atoms with Gasteiger partial charge in [-0.25, -0.2) is 8.42 Å². The highest BCUT2D eigenvalue weighted by molar-refractivity contribution is 7.92. The summed E-state index contributed by atoms with van der Waals surface area (Å²) in [5, 5.41) is 3.41. The van der Waals surface area contributed by atoms with E-state index in [4.69, 9.17) is 11.6 Å². The van der Waals surface area contributed by atoms with Gasteiger partial charge in [-0.05, 0) is 50.5 Å². The standard InChI is InChI=1S/C25H32ClN3O4S/c1-18-11-13-20(14-12-18)16-28(19(2)25(31)27-22-8-4-5-9-22)24(30)17-29(34(3,32)33)23-10-6-7-21(26)15-23/h6-7,10-15,19,22H,4-5,8-9,16-17H2,1-3H3,(H,27,31). The van der Waals surface area contributed by atoms with Gasteiger partial charge in [0.25, 0.3) is 0 Å². The van der Waals surface area contributed by atoms with Crippen molar-refractivity contribution >= 4 is 39.1 Å². The molecule has 1 aliphatic carbocycles. The number of benzene rings is 2. The number of hydrogen-bond acceptors (Lipinski definition) is 4. The van der Waals surface area contributed by atoms with E-state index in [-0.39, 0.29) is 18.5 Å². The van der Waals surface area contributed by atoms with Crippen LogP contribution in [-0.2, 0) is 26.2 Å². The van der Waals surface area contributed by atoms with Crippen molar-refractivity contribution < 1.29 is 18.0 Å². The molecule has 0 heterocycles. The van der Waals surface area contributed by atoms with Crippen molar-refractivity contribution in [3.63, 3.8) is 0 Å². The van der Waals surface area contributed by atoms with Crippen LogP contribution in [0.1, 0.15) is 43.7 Å². The van der Waals surface area contributed by atoms with Crippen molar-refractivity contribution in [2.24, 2.45) is 0 Å². The van der Waals surface area contributed by atoms with Crippen molar-refractivity contribution in [3.05, 3.63) is 64.7 Å². The molecule has 1 atom stereocenters. The average Bonchev–Trinajstić information content (AvgIpc) is 3.28. The maximum Gasteiger partial charge on any atom is 0.244 e. The molecule has 3 rings (SSSR count). The zero-order valence-corrected chi connectivity index (χ0v) is 21.4. The van der Waals surface area contributed by atoms with Gasteiger partial charge in [-0.1, -0.05) is 60.3 Å². The van der Waals surface area contributed by atoms with E-state index >= 15 is 0 Å². The number of nitrogens with zero attached hydrogens (tertiary/aromatic N) is 2. The Morgan fingerprint density at radius 2 is 1.76 bits per heavy atom. The van der Waals surface area contributed by atoms with Gasteiger partial charge in [0.2, 0.25) is 21.8 Å². The summed E-state index contributed by atoms with van der Waals surface area (Å²) in [5.41, 5.74) is 2.23. The molecule has 0 aromatic heterocycles. The van der Waals surface area contributed by atoms with Gasteiger partial charge in [-0.15, -0.1) is 0 Å². The summed E-state index contributed by atoms with van der Waals surface area (Å²) in [6.07, 6.45) is 5.06. The molecular weight excluding hydrogens is 474 g/mol. The van der Waals surface area contributed by atoms with Gasteiger partial charge in [-0.3, -0.25) is 13.9 Å². The largest absolute Gasteiger partial charge is 0.352 e. The van der Waals surface area contributed by atoms with Crippen molar-refractivity contribution in [2.75, 3.05) is 17.1 Å². The lowest BCUT2D eigenvalue weighted by molar-refractivity contribution is -0.139. The fourth-order valence-corrected chi connectivity index (χ4v) is 5.14. The molecule has 0 spiro atoms. The number of rotatable bonds is 9. The Morgan fingerprint density at radius 1 is 1.12 bits per heavy atom. The van der Waals surface area contributed by atoms with Gasteiger partial charge in [0.15, 0.2) is 0 Å². The lowest BCUT2D eigenvalue weighted by atomic mass is 10.1. The first kappa shape index (κ1) is 26.0. The number of sulfonamides is 1. The zero-order valence-electron chi connectivity index (χ0n) is 19.8. The molecule has 0 bridgehead atoms. The SMILES string of the molecule is Cc1ccc(CN(C(=O)CN(c2cccc(Cl)c2)S(C)(=O)=O)C(C)C(=O)NC2CCCC2)cc1. The first-order chi connectivity index (χ1) is 16.0. The fourth-order valence-electron chi connectivity index (χ4n) is 4.11. The molecule has 1 saturated carbocycles. The molecule has 2 amide bonds. The smallest absolute Gasteiger partial charge is 0.244 e. The van der Waals surface area contributed by atoms with E-state index in [2.05, 4.69) is 5.32 Å². The van der Waals surface area contributed by atoms with Crippen LogP contribution in [0.2, 0.25) is 5.02 Å². The third-order valence-corrected chi connectivity index (χ3v) is 7.49. The van der Waals surface area contributed by atoms with Crippen molar-refractivity contribution in [1.29, 1.82) is 0 Å². The van der Waals surface area contributed by atoms with Crippen LogP contribution < -0.4 is 9.62 Å². The molecule has 0 radical (unpaired) electrons. The van der Waals surface area contributed by atoms with Gasteiger partial charge >= 0.3 is 0 Å². The number of carbonyl (C=O) groups excluding carboxylic acids is 2. The fraction of sp³-hybridized carbons (Fsp3) is 0.440. The second-order valence-corrected chi connectivity index (χ2v) is 11.3. The molecule has 1 N–H and O–H groups in total. The van der Waals surface area contributed by atoms with Gasteiger partial charge in [-0.2, -0.15) is 0 Å². The summed E-state index contributed by atoms with van der Waals surface area (Å²) in [4.78, 5) is 28.0. The van der Waals surface area contributed by atoms with E-state index in [1.54, 1.807) is 25.1 Å². The van der Waals surface area contributed by atoms with Crippen LogP contribution in [0.3, 0.4) is 0 Å². The predicted octanol–water partition coefficient (Wildman–Crippen LogP) is 3.89. The van der Waals surface area contributed by atoms with Crippen LogP contribution in [-0.4, -0.2) is 50.0 Å². The summed E-state index contributed by atoms with van der Waals surface area (Å²) < 4.78 is 26.1. The highest BCUT2D eigenvalue weighted by Crippen LogP contribution is 2.23. The maximum absolute atomic E-state index is 13.5. The third-order valence-electron chi connectivity index (χ3n) is 6.12. The number of amides is 2. The van der Waals surface area contributed by atoms with Crippen LogP contribution in [0.25, 0.3) is 0 Å². The summed E-state index contributed by atoms with van der Waals surface area (Å²) in [6.45, 7) is 3.40. The second-order valence-electron chi connectivity index (χ2n) is 8.92. The highest BCUT2D eigenvalue weighted by atomic mass is 35.5. The molecule has 9 heteroatoms. The zero-order chi connectivity index (χ0) is 24.9. The Labute approximate surface area is 207 Å². The van der Waals surface area contributed by atoms with E-state index in [1.165, 1.54) is 11.0 Å². The average molecular weight is 506 g/mol. The number of halogens is 1. The molecular formula is C25H32ClN3O4S. The van der Waals surface area contributed by atoms with Gasteiger partial charge < -0.3 is 10.2 Å². The maximum atomic E-state index is 13.5. The Morgan fingerprint density at radius 3 is 2.35 bits per heavy atom. The summed E-state index contributed by atoms with van der Waals surface area (Å²) in [7, 11) is -3.78. The lowest BCUT2D eigenvalue weighted by Crippen LogP contribution is -2.52. The predicted molar refractivity (Wildman–Crippen MR) is 135 cm³/mol. The molecule has 2 aromatic rings. The van der Waals surface area contributed by atoms with E-state index < -0.39 is 28.5 Å². The van der Waals surface area contributed by atoms with Crippen LogP contribution >= 0.6 is 11.6 Å². The van der Waals surface area contributed by atoms with Crippen molar-refractivity contribution in [3.8, 4) is 0 Å². The number of aryl methyl sites for hydroxylation is 1. The number of anilines is 1. The Kier molecular flexibility index (Phi) is 8.60. The van der Waals surface area contributed by atoms with Gasteiger partial charge in [0, 0.05) is 17.6 Å². The molecule has 1 unspecified atom stereocenters. The van der Waals surface area contributed by atoms with Crippen LogP contribution in [0, 0.1) is 6.92 Å². The summed E-state index contributed by atoms with van der Waals surface area (Å²) >= 11 is 6.06.